The van der Waals surface area contributed by atoms with Crippen LogP contribution in [-0.2, 0) is 0 Å². The molecule has 0 spiro atoms. The van der Waals surface area contributed by atoms with E-state index in [1.807, 2.05) is 0 Å². The highest BCUT2D eigenvalue weighted by Crippen LogP contribution is 2.38. The van der Waals surface area contributed by atoms with E-state index in [4.69, 9.17) is 0 Å². The van der Waals surface area contributed by atoms with Crippen molar-refractivity contribution in [2.75, 3.05) is 12.3 Å². The van der Waals surface area contributed by atoms with Crippen LogP contribution in [0.1, 0.15) is 65.2 Å². The second kappa shape index (κ2) is 7.79. The van der Waals surface area contributed by atoms with Crippen molar-refractivity contribution in [3.63, 3.8) is 0 Å². The lowest BCUT2D eigenvalue weighted by Crippen LogP contribution is -2.44. The quantitative estimate of drug-likeness (QED) is 0.763. The number of nitrogens with one attached hydrogen (secondary N) is 1. The second-order valence-electron chi connectivity index (χ2n) is 6.22. The van der Waals surface area contributed by atoms with E-state index in [1.165, 1.54) is 63.7 Å². The van der Waals surface area contributed by atoms with Crippen molar-refractivity contribution in [2.45, 2.75) is 76.5 Å². The average Bonchev–Trinajstić information content (AvgIpc) is 2.94. The van der Waals surface area contributed by atoms with Gasteiger partial charge >= 0.3 is 0 Å². The Bertz CT molecular complexity index is 217. The van der Waals surface area contributed by atoms with E-state index < -0.39 is 0 Å². The van der Waals surface area contributed by atoms with Gasteiger partial charge in [0, 0.05) is 11.3 Å². The SMILES string of the molecule is CCCNC(C1CCC(CC)CC1)C1CCCS1. The van der Waals surface area contributed by atoms with Gasteiger partial charge in [-0.25, -0.2) is 0 Å². The first-order chi connectivity index (χ1) is 8.85. The zero-order valence-electron chi connectivity index (χ0n) is 12.3. The third kappa shape index (κ3) is 3.90. The van der Waals surface area contributed by atoms with Crippen LogP contribution in [0.2, 0.25) is 0 Å². The summed E-state index contributed by atoms with van der Waals surface area (Å²) in [4.78, 5) is 0. The van der Waals surface area contributed by atoms with Gasteiger partial charge in [0.25, 0.3) is 0 Å². The zero-order chi connectivity index (χ0) is 12.8. The van der Waals surface area contributed by atoms with Crippen molar-refractivity contribution in [1.82, 2.24) is 5.32 Å². The highest BCUT2D eigenvalue weighted by Gasteiger charge is 2.33. The molecule has 0 bridgehead atoms. The first kappa shape index (κ1) is 14.7. The Labute approximate surface area is 118 Å². The van der Waals surface area contributed by atoms with Crippen LogP contribution in [-0.4, -0.2) is 23.6 Å². The van der Waals surface area contributed by atoms with Crippen molar-refractivity contribution in [3.05, 3.63) is 0 Å². The fourth-order valence-electron chi connectivity index (χ4n) is 3.75. The van der Waals surface area contributed by atoms with Crippen molar-refractivity contribution >= 4 is 11.8 Å². The first-order valence-electron chi connectivity index (χ1n) is 8.20. The van der Waals surface area contributed by atoms with Crippen LogP contribution in [0.3, 0.4) is 0 Å². The Kier molecular flexibility index (Phi) is 6.37. The number of rotatable bonds is 6. The Balaban J connectivity index is 1.87. The summed E-state index contributed by atoms with van der Waals surface area (Å²) in [7, 11) is 0. The summed E-state index contributed by atoms with van der Waals surface area (Å²) in [5.74, 6) is 3.40. The van der Waals surface area contributed by atoms with Gasteiger partial charge in [0.1, 0.15) is 0 Å². The van der Waals surface area contributed by atoms with Gasteiger partial charge in [-0.2, -0.15) is 11.8 Å². The van der Waals surface area contributed by atoms with Gasteiger partial charge in [-0.1, -0.05) is 33.1 Å². The van der Waals surface area contributed by atoms with Gasteiger partial charge in [0.05, 0.1) is 0 Å². The Hall–Kier alpha value is 0.310. The van der Waals surface area contributed by atoms with Gasteiger partial charge in [0.2, 0.25) is 0 Å². The standard InChI is InChI=1S/C16H31NS/c1-3-11-17-16(15-6-5-12-18-15)14-9-7-13(4-2)8-10-14/h13-17H,3-12H2,1-2H3. The Morgan fingerprint density at radius 2 is 1.89 bits per heavy atom. The molecule has 1 N–H and O–H groups in total. The van der Waals surface area contributed by atoms with Crippen LogP contribution in [0.15, 0.2) is 0 Å². The predicted octanol–water partition coefficient (Wildman–Crippen LogP) is 4.47. The minimum Gasteiger partial charge on any atom is -0.313 e. The molecule has 0 aromatic rings. The molecule has 1 aliphatic carbocycles. The maximum atomic E-state index is 3.89. The minimum atomic E-state index is 0.815. The fraction of sp³-hybridized carbons (Fsp3) is 1.00. The fourth-order valence-corrected chi connectivity index (χ4v) is 5.25. The van der Waals surface area contributed by atoms with E-state index in [0.29, 0.717) is 0 Å². The van der Waals surface area contributed by atoms with Crippen molar-refractivity contribution in [1.29, 1.82) is 0 Å². The van der Waals surface area contributed by atoms with Crippen LogP contribution in [0.25, 0.3) is 0 Å². The highest BCUT2D eigenvalue weighted by molar-refractivity contribution is 8.00. The minimum absolute atomic E-state index is 0.815. The van der Waals surface area contributed by atoms with Crippen molar-refractivity contribution in [2.24, 2.45) is 11.8 Å². The van der Waals surface area contributed by atoms with Gasteiger partial charge < -0.3 is 5.32 Å². The molecule has 2 unspecified atom stereocenters. The largest absolute Gasteiger partial charge is 0.313 e. The molecule has 2 heteroatoms. The molecule has 2 atom stereocenters. The summed E-state index contributed by atoms with van der Waals surface area (Å²) < 4.78 is 0. The molecule has 1 heterocycles. The van der Waals surface area contributed by atoms with Gasteiger partial charge in [-0.3, -0.25) is 0 Å². The zero-order valence-corrected chi connectivity index (χ0v) is 13.1. The van der Waals surface area contributed by atoms with E-state index >= 15 is 0 Å². The summed E-state index contributed by atoms with van der Waals surface area (Å²) in [6, 6.07) is 0.815. The first-order valence-corrected chi connectivity index (χ1v) is 9.25. The van der Waals surface area contributed by atoms with Crippen LogP contribution >= 0.6 is 11.8 Å². The summed E-state index contributed by atoms with van der Waals surface area (Å²) in [6.45, 7) is 5.87. The molecule has 0 aromatic carbocycles. The molecule has 18 heavy (non-hydrogen) atoms. The lowest BCUT2D eigenvalue weighted by molar-refractivity contribution is 0.213. The van der Waals surface area contributed by atoms with Gasteiger partial charge in [-0.15, -0.1) is 0 Å². The molecule has 2 aliphatic rings. The van der Waals surface area contributed by atoms with Crippen LogP contribution < -0.4 is 5.32 Å². The summed E-state index contributed by atoms with van der Waals surface area (Å²) in [5, 5.41) is 4.81. The monoisotopic (exact) mass is 269 g/mol. The molecular weight excluding hydrogens is 238 g/mol. The maximum Gasteiger partial charge on any atom is 0.0214 e. The van der Waals surface area contributed by atoms with E-state index in [0.717, 1.165) is 23.1 Å². The van der Waals surface area contributed by atoms with Crippen LogP contribution in [0.5, 0.6) is 0 Å². The van der Waals surface area contributed by atoms with E-state index in [1.54, 1.807) is 0 Å². The lowest BCUT2D eigenvalue weighted by Gasteiger charge is -2.37. The topological polar surface area (TPSA) is 12.0 Å². The molecule has 2 fully saturated rings. The Morgan fingerprint density at radius 1 is 1.11 bits per heavy atom. The molecule has 106 valence electrons. The molecule has 0 aromatic heterocycles. The van der Waals surface area contributed by atoms with Crippen LogP contribution in [0.4, 0.5) is 0 Å². The van der Waals surface area contributed by atoms with Crippen molar-refractivity contribution < 1.29 is 0 Å². The molecule has 1 saturated carbocycles. The summed E-state index contributed by atoms with van der Waals surface area (Å²) in [5.41, 5.74) is 0. The second-order valence-corrected chi connectivity index (χ2v) is 7.57. The number of hydrogen-bond donors (Lipinski definition) is 1. The maximum absolute atomic E-state index is 3.89. The van der Waals surface area contributed by atoms with Gasteiger partial charge in [0.15, 0.2) is 0 Å². The van der Waals surface area contributed by atoms with E-state index in [9.17, 15) is 0 Å². The third-order valence-corrected chi connectivity index (χ3v) is 6.45. The smallest absolute Gasteiger partial charge is 0.0214 e. The summed E-state index contributed by atoms with van der Waals surface area (Å²) >= 11 is 2.24. The predicted molar refractivity (Wildman–Crippen MR) is 83.3 cm³/mol. The number of hydrogen-bond acceptors (Lipinski definition) is 2. The molecule has 2 rings (SSSR count). The van der Waals surface area contributed by atoms with E-state index in [-0.39, 0.29) is 0 Å². The van der Waals surface area contributed by atoms with E-state index in [2.05, 4.69) is 30.9 Å². The molecular formula is C16H31NS. The lowest BCUT2D eigenvalue weighted by atomic mass is 9.76. The normalized spacial score (nSPS) is 34.7. The third-order valence-electron chi connectivity index (χ3n) is 4.97. The molecule has 0 amide bonds. The van der Waals surface area contributed by atoms with Crippen molar-refractivity contribution in [3.8, 4) is 0 Å². The number of thioether (sulfide) groups is 1. The average molecular weight is 269 g/mol. The van der Waals surface area contributed by atoms with Crippen LogP contribution in [0, 0.1) is 11.8 Å². The Morgan fingerprint density at radius 3 is 2.44 bits per heavy atom. The van der Waals surface area contributed by atoms with Gasteiger partial charge in [-0.05, 0) is 56.2 Å². The molecule has 1 aliphatic heterocycles. The molecule has 1 saturated heterocycles. The molecule has 0 radical (unpaired) electrons. The molecule has 1 nitrogen and oxygen atoms in total. The summed E-state index contributed by atoms with van der Waals surface area (Å²) in [6.07, 6.45) is 11.5. The highest BCUT2D eigenvalue weighted by atomic mass is 32.2.